The van der Waals surface area contributed by atoms with Crippen LogP contribution >= 0.6 is 0 Å². The van der Waals surface area contributed by atoms with Crippen molar-refractivity contribution in [2.45, 2.75) is 31.7 Å². The van der Waals surface area contributed by atoms with Gasteiger partial charge in [0.25, 0.3) is 0 Å². The molecule has 0 radical (unpaired) electrons. The third-order valence-corrected chi connectivity index (χ3v) is 2.21. The predicted octanol–water partition coefficient (Wildman–Crippen LogP) is 2.10. The fourth-order valence-corrected chi connectivity index (χ4v) is 1.26. The van der Waals surface area contributed by atoms with Gasteiger partial charge in [0.05, 0.1) is 11.8 Å². The molecule has 88 valence electrons. The molecule has 2 rings (SSSR count). The van der Waals surface area contributed by atoms with Crippen LogP contribution in [-0.4, -0.2) is 11.1 Å². The summed E-state index contributed by atoms with van der Waals surface area (Å²) in [5, 5.41) is 0. The Morgan fingerprint density at radius 3 is 2.56 bits per heavy atom. The second-order valence-corrected chi connectivity index (χ2v) is 3.67. The summed E-state index contributed by atoms with van der Waals surface area (Å²) in [4.78, 5) is 3.47. The summed E-state index contributed by atoms with van der Waals surface area (Å²) in [6.45, 7) is -0.0210. The summed E-state index contributed by atoms with van der Waals surface area (Å²) >= 11 is 0. The molecule has 0 atom stereocenters. The molecule has 0 amide bonds. The van der Waals surface area contributed by atoms with Gasteiger partial charge in [-0.3, -0.25) is 0 Å². The van der Waals surface area contributed by atoms with Crippen molar-refractivity contribution in [2.75, 3.05) is 0 Å². The van der Waals surface area contributed by atoms with Crippen LogP contribution in [0.4, 0.5) is 13.2 Å². The highest BCUT2D eigenvalue weighted by molar-refractivity contribution is 5.32. The number of ether oxygens (including phenoxy) is 1. The van der Waals surface area contributed by atoms with Crippen molar-refractivity contribution in [2.24, 2.45) is 5.73 Å². The quantitative estimate of drug-likeness (QED) is 0.868. The van der Waals surface area contributed by atoms with Gasteiger partial charge in [-0.05, 0) is 25.0 Å². The van der Waals surface area contributed by atoms with Gasteiger partial charge >= 0.3 is 6.18 Å². The Labute approximate surface area is 90.4 Å². The third-order valence-electron chi connectivity index (χ3n) is 2.21. The van der Waals surface area contributed by atoms with Crippen LogP contribution in [0.3, 0.4) is 0 Å². The first-order chi connectivity index (χ1) is 7.50. The minimum absolute atomic E-state index is 0.0210. The zero-order chi connectivity index (χ0) is 11.8. The molecule has 0 aliphatic heterocycles. The van der Waals surface area contributed by atoms with Crippen LogP contribution in [0, 0.1) is 0 Å². The minimum Gasteiger partial charge on any atom is -0.488 e. The lowest BCUT2D eigenvalue weighted by Gasteiger charge is -2.13. The number of rotatable bonds is 3. The highest BCUT2D eigenvalue weighted by Crippen LogP contribution is 2.37. The van der Waals surface area contributed by atoms with E-state index < -0.39 is 11.9 Å². The van der Waals surface area contributed by atoms with Gasteiger partial charge in [0.1, 0.15) is 0 Å². The Kier molecular flexibility index (Phi) is 2.75. The molecule has 6 heteroatoms. The molecule has 0 bridgehead atoms. The van der Waals surface area contributed by atoms with Gasteiger partial charge < -0.3 is 10.5 Å². The summed E-state index contributed by atoms with van der Waals surface area (Å²) in [7, 11) is 0. The highest BCUT2D eigenvalue weighted by atomic mass is 19.4. The predicted molar refractivity (Wildman–Crippen MR) is 50.8 cm³/mol. The third kappa shape index (κ3) is 2.44. The molecular formula is C10H11F3N2O. The first kappa shape index (κ1) is 11.2. The van der Waals surface area contributed by atoms with E-state index in [4.69, 9.17) is 10.5 Å². The average Bonchev–Trinajstić information content (AvgIpc) is 3.01. The van der Waals surface area contributed by atoms with E-state index in [1.54, 1.807) is 0 Å². The maximum atomic E-state index is 12.7. The number of nitrogens with zero attached hydrogens (tertiary/aromatic N) is 1. The molecule has 0 unspecified atom stereocenters. The van der Waals surface area contributed by atoms with Gasteiger partial charge in [-0.15, -0.1) is 0 Å². The number of nitrogens with two attached hydrogens (primary N) is 1. The summed E-state index contributed by atoms with van der Waals surface area (Å²) in [5.74, 6) is -0.202. The second kappa shape index (κ2) is 3.93. The van der Waals surface area contributed by atoms with Crippen molar-refractivity contribution in [1.82, 2.24) is 4.98 Å². The first-order valence-corrected chi connectivity index (χ1v) is 4.94. The normalized spacial score (nSPS) is 16.2. The summed E-state index contributed by atoms with van der Waals surface area (Å²) < 4.78 is 43.1. The molecule has 0 spiro atoms. The zero-order valence-electron chi connectivity index (χ0n) is 8.42. The van der Waals surface area contributed by atoms with Gasteiger partial charge in [0.2, 0.25) is 0 Å². The van der Waals surface area contributed by atoms with Crippen molar-refractivity contribution in [3.05, 3.63) is 23.5 Å². The molecule has 1 saturated carbocycles. The van der Waals surface area contributed by atoms with Crippen LogP contribution < -0.4 is 10.5 Å². The molecule has 3 nitrogen and oxygen atoms in total. The molecule has 0 saturated heterocycles. The first-order valence-electron chi connectivity index (χ1n) is 4.94. The minimum atomic E-state index is -4.50. The van der Waals surface area contributed by atoms with Crippen LogP contribution in [-0.2, 0) is 12.7 Å². The topological polar surface area (TPSA) is 48.1 Å². The molecule has 2 N–H and O–H groups in total. The van der Waals surface area contributed by atoms with E-state index in [0.717, 1.165) is 12.8 Å². The smallest absolute Gasteiger partial charge is 0.437 e. The van der Waals surface area contributed by atoms with E-state index >= 15 is 0 Å². The van der Waals surface area contributed by atoms with E-state index in [9.17, 15) is 13.2 Å². The Morgan fingerprint density at radius 1 is 1.38 bits per heavy atom. The SMILES string of the molecule is NCc1ccc(OC2CC2)c(C(F)(F)F)n1. The molecule has 1 aromatic heterocycles. The molecule has 1 heterocycles. The standard InChI is InChI=1S/C10H11F3N2O/c11-10(12,13)9-8(16-7-2-3-7)4-1-6(5-14)15-9/h1,4,7H,2-3,5,14H2. The lowest BCUT2D eigenvalue weighted by molar-refractivity contribution is -0.142. The van der Waals surface area contributed by atoms with Gasteiger partial charge in [-0.1, -0.05) is 0 Å². The number of aromatic nitrogens is 1. The summed E-state index contributed by atoms with van der Waals surface area (Å²) in [6.07, 6.45) is -2.99. The Bertz CT molecular complexity index is 388. The summed E-state index contributed by atoms with van der Waals surface area (Å²) in [6, 6.07) is 2.74. The van der Waals surface area contributed by atoms with E-state index in [1.165, 1.54) is 12.1 Å². The van der Waals surface area contributed by atoms with E-state index in [-0.39, 0.29) is 24.1 Å². The van der Waals surface area contributed by atoms with Gasteiger partial charge in [-0.2, -0.15) is 13.2 Å². The van der Waals surface area contributed by atoms with E-state index in [1.807, 2.05) is 0 Å². The number of hydrogen-bond acceptors (Lipinski definition) is 3. The van der Waals surface area contributed by atoms with Crippen molar-refractivity contribution >= 4 is 0 Å². The molecule has 1 aromatic rings. The number of pyridine rings is 1. The monoisotopic (exact) mass is 232 g/mol. The maximum absolute atomic E-state index is 12.7. The van der Waals surface area contributed by atoms with Gasteiger partial charge in [0.15, 0.2) is 11.4 Å². The molecule has 0 aromatic carbocycles. The Morgan fingerprint density at radius 2 is 2.06 bits per heavy atom. The lowest BCUT2D eigenvalue weighted by atomic mass is 10.2. The van der Waals surface area contributed by atoms with Crippen LogP contribution in [0.5, 0.6) is 5.75 Å². The van der Waals surface area contributed by atoms with Crippen molar-refractivity contribution in [3.8, 4) is 5.75 Å². The maximum Gasteiger partial charge on any atom is 0.437 e. The number of alkyl halides is 3. The Hall–Kier alpha value is -1.30. The second-order valence-electron chi connectivity index (χ2n) is 3.67. The van der Waals surface area contributed by atoms with E-state index in [2.05, 4.69) is 4.98 Å². The Balaban J connectivity index is 2.33. The van der Waals surface area contributed by atoms with Gasteiger partial charge in [-0.25, -0.2) is 4.98 Å². The molecule has 1 aliphatic carbocycles. The van der Waals surface area contributed by atoms with Crippen LogP contribution in [0.1, 0.15) is 24.2 Å². The van der Waals surface area contributed by atoms with E-state index in [0.29, 0.717) is 0 Å². The molecule has 16 heavy (non-hydrogen) atoms. The fraction of sp³-hybridized carbons (Fsp3) is 0.500. The highest BCUT2D eigenvalue weighted by Gasteiger charge is 2.38. The number of hydrogen-bond donors (Lipinski definition) is 1. The van der Waals surface area contributed by atoms with Crippen LogP contribution in [0.15, 0.2) is 12.1 Å². The average molecular weight is 232 g/mol. The van der Waals surface area contributed by atoms with Gasteiger partial charge in [0, 0.05) is 6.54 Å². The zero-order valence-corrected chi connectivity index (χ0v) is 8.42. The number of halogens is 3. The van der Waals surface area contributed by atoms with Crippen molar-refractivity contribution < 1.29 is 17.9 Å². The van der Waals surface area contributed by atoms with Crippen LogP contribution in [0.25, 0.3) is 0 Å². The van der Waals surface area contributed by atoms with Crippen molar-refractivity contribution in [3.63, 3.8) is 0 Å². The lowest BCUT2D eigenvalue weighted by Crippen LogP contribution is -2.14. The molecular weight excluding hydrogens is 221 g/mol. The largest absolute Gasteiger partial charge is 0.488 e. The summed E-state index contributed by atoms with van der Waals surface area (Å²) in [5.41, 5.74) is 4.48. The van der Waals surface area contributed by atoms with Crippen molar-refractivity contribution in [1.29, 1.82) is 0 Å². The molecule has 1 aliphatic rings. The van der Waals surface area contributed by atoms with Crippen LogP contribution in [0.2, 0.25) is 0 Å². The molecule has 1 fully saturated rings. The fourth-order valence-electron chi connectivity index (χ4n) is 1.26.